The first kappa shape index (κ1) is 13.8. The Hall–Kier alpha value is -1.58. The quantitative estimate of drug-likeness (QED) is 0.906. The van der Waals surface area contributed by atoms with Gasteiger partial charge in [0.15, 0.2) is 0 Å². The first-order valence-corrected chi connectivity index (χ1v) is 7.20. The van der Waals surface area contributed by atoms with E-state index < -0.39 is 0 Å². The number of carbonyl (C=O) groups excluding carboxylic acids is 1. The third kappa shape index (κ3) is 3.69. The Morgan fingerprint density at radius 3 is 3.16 bits per heavy atom. The lowest BCUT2D eigenvalue weighted by atomic mass is 9.99. The molecule has 0 saturated carbocycles. The van der Waals surface area contributed by atoms with E-state index in [1.807, 2.05) is 11.0 Å². The fourth-order valence-corrected chi connectivity index (χ4v) is 2.47. The zero-order valence-electron chi connectivity index (χ0n) is 11.9. The second kappa shape index (κ2) is 6.55. The van der Waals surface area contributed by atoms with Crippen molar-refractivity contribution >= 4 is 11.7 Å². The van der Waals surface area contributed by atoms with E-state index in [1.165, 1.54) is 6.42 Å². The molecular formula is C15H23N3O. The number of amides is 1. The Bertz CT molecular complexity index is 433. The van der Waals surface area contributed by atoms with Gasteiger partial charge in [-0.15, -0.1) is 0 Å². The number of nitrogens with one attached hydrogen (secondary N) is 1. The number of hydrogen-bond acceptors (Lipinski definition) is 3. The number of nitrogens with zero attached hydrogens (tertiary/aromatic N) is 2. The summed E-state index contributed by atoms with van der Waals surface area (Å²) in [6, 6.07) is 3.66. The Balaban J connectivity index is 2.05. The van der Waals surface area contributed by atoms with Crippen LogP contribution in [0.15, 0.2) is 18.3 Å². The average molecular weight is 261 g/mol. The van der Waals surface area contributed by atoms with Gasteiger partial charge in [-0.3, -0.25) is 4.79 Å². The molecule has 2 heterocycles. The lowest BCUT2D eigenvalue weighted by molar-refractivity contribution is 0.0683. The molecule has 1 N–H and O–H groups in total. The number of hydrogen-bond donors (Lipinski definition) is 1. The summed E-state index contributed by atoms with van der Waals surface area (Å²) in [7, 11) is 0. The predicted molar refractivity (Wildman–Crippen MR) is 77.3 cm³/mol. The number of carbonyl (C=O) groups is 1. The smallest absolute Gasteiger partial charge is 0.254 e. The second-order valence-corrected chi connectivity index (χ2v) is 5.36. The Kier molecular flexibility index (Phi) is 4.77. The number of anilines is 1. The minimum Gasteiger partial charge on any atom is -0.370 e. The first-order valence-electron chi connectivity index (χ1n) is 7.20. The van der Waals surface area contributed by atoms with Crippen LogP contribution in [0.4, 0.5) is 5.82 Å². The average Bonchev–Trinajstić information content (AvgIpc) is 2.44. The minimum atomic E-state index is 0.133. The van der Waals surface area contributed by atoms with E-state index in [2.05, 4.69) is 24.1 Å². The molecule has 0 radical (unpaired) electrons. The Labute approximate surface area is 115 Å². The number of pyridine rings is 1. The van der Waals surface area contributed by atoms with Crippen molar-refractivity contribution in [1.82, 2.24) is 9.88 Å². The van der Waals surface area contributed by atoms with E-state index in [0.29, 0.717) is 5.92 Å². The van der Waals surface area contributed by atoms with Gasteiger partial charge < -0.3 is 10.2 Å². The molecule has 1 fully saturated rings. The maximum atomic E-state index is 12.4. The summed E-state index contributed by atoms with van der Waals surface area (Å²) in [6.07, 6.45) is 5.09. The third-order valence-corrected chi connectivity index (χ3v) is 3.51. The highest BCUT2D eigenvalue weighted by Gasteiger charge is 2.22. The van der Waals surface area contributed by atoms with Crippen LogP contribution < -0.4 is 5.32 Å². The fraction of sp³-hybridized carbons (Fsp3) is 0.600. The van der Waals surface area contributed by atoms with Crippen molar-refractivity contribution in [3.63, 3.8) is 0 Å². The summed E-state index contributed by atoms with van der Waals surface area (Å²) in [5.41, 5.74) is 0.739. The monoisotopic (exact) mass is 261 g/mol. The van der Waals surface area contributed by atoms with Gasteiger partial charge in [-0.1, -0.05) is 13.8 Å². The molecule has 1 amide bonds. The maximum Gasteiger partial charge on any atom is 0.254 e. The molecule has 4 nitrogen and oxygen atoms in total. The van der Waals surface area contributed by atoms with E-state index in [-0.39, 0.29) is 5.91 Å². The van der Waals surface area contributed by atoms with Crippen molar-refractivity contribution in [2.45, 2.75) is 33.1 Å². The summed E-state index contributed by atoms with van der Waals surface area (Å²) in [5.74, 6) is 1.53. The number of piperidine rings is 1. The molecule has 0 aromatic carbocycles. The molecule has 104 valence electrons. The summed E-state index contributed by atoms with van der Waals surface area (Å²) < 4.78 is 0. The molecule has 1 aliphatic heterocycles. The van der Waals surface area contributed by atoms with E-state index in [0.717, 1.165) is 43.9 Å². The highest BCUT2D eigenvalue weighted by Crippen LogP contribution is 2.18. The first-order chi connectivity index (χ1) is 9.20. The third-order valence-electron chi connectivity index (χ3n) is 3.51. The summed E-state index contributed by atoms with van der Waals surface area (Å²) in [4.78, 5) is 18.6. The Morgan fingerprint density at radius 2 is 2.42 bits per heavy atom. The van der Waals surface area contributed by atoms with Crippen LogP contribution in [-0.2, 0) is 0 Å². The van der Waals surface area contributed by atoms with Crippen molar-refractivity contribution in [2.75, 3.05) is 25.0 Å². The molecule has 0 spiro atoms. The van der Waals surface area contributed by atoms with Crippen LogP contribution in [0.25, 0.3) is 0 Å². The molecule has 1 atom stereocenters. The summed E-state index contributed by atoms with van der Waals surface area (Å²) in [5, 5.41) is 3.22. The van der Waals surface area contributed by atoms with Crippen molar-refractivity contribution in [1.29, 1.82) is 0 Å². The van der Waals surface area contributed by atoms with Gasteiger partial charge in [0, 0.05) is 31.4 Å². The lowest BCUT2D eigenvalue weighted by Crippen LogP contribution is -2.39. The Morgan fingerprint density at radius 1 is 1.58 bits per heavy atom. The van der Waals surface area contributed by atoms with Crippen molar-refractivity contribution < 1.29 is 4.79 Å². The maximum absolute atomic E-state index is 12.4. The topological polar surface area (TPSA) is 45.2 Å². The number of rotatable bonds is 4. The highest BCUT2D eigenvalue weighted by atomic mass is 16.2. The van der Waals surface area contributed by atoms with Gasteiger partial charge in [0.2, 0.25) is 0 Å². The zero-order chi connectivity index (χ0) is 13.7. The molecular weight excluding hydrogens is 238 g/mol. The van der Waals surface area contributed by atoms with Crippen molar-refractivity contribution in [3.8, 4) is 0 Å². The van der Waals surface area contributed by atoms with E-state index >= 15 is 0 Å². The van der Waals surface area contributed by atoms with Crippen LogP contribution in [0, 0.1) is 5.92 Å². The second-order valence-electron chi connectivity index (χ2n) is 5.36. The molecule has 4 heteroatoms. The van der Waals surface area contributed by atoms with Gasteiger partial charge in [0.1, 0.15) is 5.82 Å². The van der Waals surface area contributed by atoms with Gasteiger partial charge in [0.05, 0.1) is 0 Å². The molecule has 2 rings (SSSR count). The summed E-state index contributed by atoms with van der Waals surface area (Å²) >= 11 is 0. The molecule has 19 heavy (non-hydrogen) atoms. The van der Waals surface area contributed by atoms with Crippen LogP contribution in [0.2, 0.25) is 0 Å². The normalized spacial score (nSPS) is 19.3. The minimum absolute atomic E-state index is 0.133. The fourth-order valence-electron chi connectivity index (χ4n) is 2.47. The number of likely N-dealkylation sites (tertiary alicyclic amines) is 1. The number of aromatic nitrogens is 1. The van der Waals surface area contributed by atoms with Crippen LogP contribution in [0.5, 0.6) is 0 Å². The molecule has 1 aromatic heterocycles. The standard InChI is InChI=1S/C15H23N3O/c1-3-7-16-14-10-13(6-8-17-14)15(19)18-9-4-5-12(2)11-18/h6,8,10,12H,3-5,7,9,11H2,1-2H3,(H,16,17). The van der Waals surface area contributed by atoms with Crippen molar-refractivity contribution in [3.05, 3.63) is 23.9 Å². The molecule has 0 bridgehead atoms. The van der Waals surface area contributed by atoms with E-state index in [9.17, 15) is 4.79 Å². The van der Waals surface area contributed by atoms with Crippen LogP contribution in [0.3, 0.4) is 0 Å². The largest absolute Gasteiger partial charge is 0.370 e. The van der Waals surface area contributed by atoms with Gasteiger partial charge in [-0.25, -0.2) is 4.98 Å². The zero-order valence-corrected chi connectivity index (χ0v) is 11.9. The molecule has 0 aliphatic carbocycles. The molecule has 1 aliphatic rings. The molecule has 1 unspecified atom stereocenters. The highest BCUT2D eigenvalue weighted by molar-refractivity contribution is 5.94. The summed E-state index contributed by atoms with van der Waals surface area (Å²) in [6.45, 7) is 6.95. The van der Waals surface area contributed by atoms with Crippen LogP contribution >= 0.6 is 0 Å². The van der Waals surface area contributed by atoms with Gasteiger partial charge in [-0.2, -0.15) is 0 Å². The van der Waals surface area contributed by atoms with Gasteiger partial charge in [0.25, 0.3) is 5.91 Å². The lowest BCUT2D eigenvalue weighted by Gasteiger charge is -2.31. The predicted octanol–water partition coefficient (Wildman–Crippen LogP) is 2.78. The van der Waals surface area contributed by atoms with Gasteiger partial charge in [-0.05, 0) is 37.3 Å². The SMILES string of the molecule is CCCNc1cc(C(=O)N2CCCC(C)C2)ccn1. The van der Waals surface area contributed by atoms with Gasteiger partial charge >= 0.3 is 0 Å². The van der Waals surface area contributed by atoms with Crippen LogP contribution in [-0.4, -0.2) is 35.4 Å². The van der Waals surface area contributed by atoms with Crippen LogP contribution in [0.1, 0.15) is 43.5 Å². The molecule has 1 aromatic rings. The van der Waals surface area contributed by atoms with Crippen molar-refractivity contribution in [2.24, 2.45) is 5.92 Å². The van der Waals surface area contributed by atoms with E-state index in [4.69, 9.17) is 0 Å². The molecule has 1 saturated heterocycles. The van der Waals surface area contributed by atoms with E-state index in [1.54, 1.807) is 12.3 Å².